The van der Waals surface area contributed by atoms with Gasteiger partial charge in [0.1, 0.15) is 5.69 Å². The van der Waals surface area contributed by atoms with Crippen LogP contribution in [0.5, 0.6) is 0 Å². The molecule has 1 N–H and O–H groups in total. The second-order valence-electron chi connectivity index (χ2n) is 6.74. The fourth-order valence-corrected chi connectivity index (χ4v) is 2.35. The van der Waals surface area contributed by atoms with E-state index in [0.717, 1.165) is 17.7 Å². The van der Waals surface area contributed by atoms with Crippen molar-refractivity contribution < 1.29 is 4.79 Å². The normalized spacial score (nSPS) is 12.7. The molecule has 0 saturated heterocycles. The van der Waals surface area contributed by atoms with Crippen LogP contribution < -0.4 is 5.32 Å². The SMILES string of the molecule is Cc1cccc(C(=O)N[C@@H](CC(C)(C)C)c2cccnc2)n1. The zero-order chi connectivity index (χ0) is 16.2. The van der Waals surface area contributed by atoms with E-state index >= 15 is 0 Å². The number of nitrogens with one attached hydrogen (secondary N) is 1. The molecular formula is C18H23N3O. The smallest absolute Gasteiger partial charge is 0.270 e. The van der Waals surface area contributed by atoms with Crippen molar-refractivity contribution in [2.75, 3.05) is 0 Å². The molecule has 2 heterocycles. The number of aromatic nitrogens is 2. The molecule has 0 aliphatic rings. The minimum atomic E-state index is -0.151. The van der Waals surface area contributed by atoms with Gasteiger partial charge in [-0.3, -0.25) is 9.78 Å². The van der Waals surface area contributed by atoms with E-state index in [4.69, 9.17) is 0 Å². The van der Waals surface area contributed by atoms with Gasteiger partial charge in [0, 0.05) is 18.1 Å². The lowest BCUT2D eigenvalue weighted by Crippen LogP contribution is -2.32. The Kier molecular flexibility index (Phi) is 4.91. The first-order valence-corrected chi connectivity index (χ1v) is 7.49. The topological polar surface area (TPSA) is 54.9 Å². The predicted molar refractivity (Wildman–Crippen MR) is 87.5 cm³/mol. The summed E-state index contributed by atoms with van der Waals surface area (Å²) < 4.78 is 0. The maximum Gasteiger partial charge on any atom is 0.270 e. The molecule has 4 heteroatoms. The van der Waals surface area contributed by atoms with Gasteiger partial charge >= 0.3 is 0 Å². The maximum absolute atomic E-state index is 12.5. The van der Waals surface area contributed by atoms with Crippen LogP contribution in [0, 0.1) is 12.3 Å². The standard InChI is InChI=1S/C18H23N3O/c1-13-7-5-9-15(20-13)17(22)21-16(11-18(2,3)4)14-8-6-10-19-12-14/h5-10,12,16H,11H2,1-4H3,(H,21,22)/t16-/m0/s1. The van der Waals surface area contributed by atoms with E-state index in [1.54, 1.807) is 18.5 Å². The molecule has 0 bridgehead atoms. The summed E-state index contributed by atoms with van der Waals surface area (Å²) in [6.07, 6.45) is 4.37. The Morgan fingerprint density at radius 2 is 2.00 bits per heavy atom. The Bertz CT molecular complexity index is 632. The molecule has 2 aromatic rings. The van der Waals surface area contributed by atoms with Gasteiger partial charge in [0.2, 0.25) is 0 Å². The quantitative estimate of drug-likeness (QED) is 0.936. The van der Waals surface area contributed by atoms with Crippen molar-refractivity contribution in [1.82, 2.24) is 15.3 Å². The first-order valence-electron chi connectivity index (χ1n) is 7.49. The largest absolute Gasteiger partial charge is 0.344 e. The molecule has 2 aromatic heterocycles. The fraction of sp³-hybridized carbons (Fsp3) is 0.389. The Labute approximate surface area is 132 Å². The second kappa shape index (κ2) is 6.69. The summed E-state index contributed by atoms with van der Waals surface area (Å²) in [5.74, 6) is -0.151. The molecule has 0 spiro atoms. The predicted octanol–water partition coefficient (Wildman–Crippen LogP) is 3.69. The fourth-order valence-electron chi connectivity index (χ4n) is 2.35. The lowest BCUT2D eigenvalue weighted by atomic mass is 9.86. The number of carbonyl (C=O) groups is 1. The minimum Gasteiger partial charge on any atom is -0.344 e. The van der Waals surface area contributed by atoms with Crippen LogP contribution in [0.25, 0.3) is 0 Å². The average Bonchev–Trinajstić information content (AvgIpc) is 2.46. The van der Waals surface area contributed by atoms with Crippen LogP contribution in [-0.2, 0) is 0 Å². The van der Waals surface area contributed by atoms with Gasteiger partial charge < -0.3 is 5.32 Å². The molecule has 0 unspecified atom stereocenters. The number of hydrogen-bond acceptors (Lipinski definition) is 3. The van der Waals surface area contributed by atoms with E-state index in [-0.39, 0.29) is 17.4 Å². The van der Waals surface area contributed by atoms with Crippen LogP contribution in [0.1, 0.15) is 55.0 Å². The molecule has 0 aliphatic carbocycles. The second-order valence-corrected chi connectivity index (χ2v) is 6.74. The molecule has 0 aliphatic heterocycles. The number of carbonyl (C=O) groups excluding carboxylic acids is 1. The van der Waals surface area contributed by atoms with Gasteiger partial charge in [0.25, 0.3) is 5.91 Å². The molecule has 0 saturated carbocycles. The highest BCUT2D eigenvalue weighted by atomic mass is 16.1. The number of amides is 1. The molecule has 116 valence electrons. The maximum atomic E-state index is 12.5. The summed E-state index contributed by atoms with van der Waals surface area (Å²) in [5, 5.41) is 3.09. The summed E-state index contributed by atoms with van der Waals surface area (Å²) in [7, 11) is 0. The van der Waals surface area contributed by atoms with Crippen molar-refractivity contribution in [2.45, 2.75) is 40.2 Å². The summed E-state index contributed by atoms with van der Waals surface area (Å²) in [4.78, 5) is 20.9. The molecular weight excluding hydrogens is 274 g/mol. The van der Waals surface area contributed by atoms with Crippen LogP contribution in [0.4, 0.5) is 0 Å². The van der Waals surface area contributed by atoms with Crippen molar-refractivity contribution in [1.29, 1.82) is 0 Å². The zero-order valence-corrected chi connectivity index (χ0v) is 13.6. The third kappa shape index (κ3) is 4.65. The van der Waals surface area contributed by atoms with Crippen molar-refractivity contribution >= 4 is 5.91 Å². The molecule has 2 rings (SSSR count). The van der Waals surface area contributed by atoms with Crippen molar-refractivity contribution in [3.63, 3.8) is 0 Å². The summed E-state index contributed by atoms with van der Waals surface area (Å²) in [6.45, 7) is 8.36. The first kappa shape index (κ1) is 16.1. The number of pyridine rings is 2. The van der Waals surface area contributed by atoms with Crippen LogP contribution in [-0.4, -0.2) is 15.9 Å². The number of rotatable bonds is 4. The van der Waals surface area contributed by atoms with E-state index in [1.807, 2.05) is 31.2 Å². The number of aryl methyl sites for hydroxylation is 1. The van der Waals surface area contributed by atoms with E-state index in [1.165, 1.54) is 0 Å². The molecule has 22 heavy (non-hydrogen) atoms. The highest BCUT2D eigenvalue weighted by Crippen LogP contribution is 2.29. The highest BCUT2D eigenvalue weighted by molar-refractivity contribution is 5.92. The van der Waals surface area contributed by atoms with Crippen LogP contribution in [0.3, 0.4) is 0 Å². The van der Waals surface area contributed by atoms with Crippen molar-refractivity contribution in [3.05, 3.63) is 59.7 Å². The first-order chi connectivity index (χ1) is 10.3. The van der Waals surface area contributed by atoms with Crippen LogP contribution in [0.2, 0.25) is 0 Å². The lowest BCUT2D eigenvalue weighted by Gasteiger charge is -2.27. The molecule has 0 radical (unpaired) electrons. The average molecular weight is 297 g/mol. The van der Waals surface area contributed by atoms with Crippen LogP contribution >= 0.6 is 0 Å². The van der Waals surface area contributed by atoms with Crippen LogP contribution in [0.15, 0.2) is 42.7 Å². The van der Waals surface area contributed by atoms with Gasteiger partial charge in [-0.15, -0.1) is 0 Å². The lowest BCUT2D eigenvalue weighted by molar-refractivity contribution is 0.0921. The summed E-state index contributed by atoms with van der Waals surface area (Å²) in [5.41, 5.74) is 2.39. The minimum absolute atomic E-state index is 0.0801. The van der Waals surface area contributed by atoms with Gasteiger partial charge in [-0.05, 0) is 42.5 Å². The van der Waals surface area contributed by atoms with E-state index < -0.39 is 0 Å². The monoisotopic (exact) mass is 297 g/mol. The third-order valence-corrected chi connectivity index (χ3v) is 3.33. The number of hydrogen-bond donors (Lipinski definition) is 1. The van der Waals surface area contributed by atoms with Gasteiger partial charge in [0.05, 0.1) is 6.04 Å². The third-order valence-electron chi connectivity index (χ3n) is 3.33. The number of nitrogens with zero attached hydrogens (tertiary/aromatic N) is 2. The van der Waals surface area contributed by atoms with Gasteiger partial charge in [-0.2, -0.15) is 0 Å². The molecule has 4 nitrogen and oxygen atoms in total. The zero-order valence-electron chi connectivity index (χ0n) is 13.6. The molecule has 0 aromatic carbocycles. The van der Waals surface area contributed by atoms with Crippen molar-refractivity contribution in [2.24, 2.45) is 5.41 Å². The highest BCUT2D eigenvalue weighted by Gasteiger charge is 2.23. The van der Waals surface area contributed by atoms with Crippen molar-refractivity contribution in [3.8, 4) is 0 Å². The van der Waals surface area contributed by atoms with E-state index in [9.17, 15) is 4.79 Å². The van der Waals surface area contributed by atoms with E-state index in [0.29, 0.717) is 5.69 Å². The summed E-state index contributed by atoms with van der Waals surface area (Å²) in [6, 6.07) is 9.27. The van der Waals surface area contributed by atoms with Gasteiger partial charge in [0.15, 0.2) is 0 Å². The molecule has 1 amide bonds. The Hall–Kier alpha value is -2.23. The molecule has 1 atom stereocenters. The van der Waals surface area contributed by atoms with Gasteiger partial charge in [-0.1, -0.05) is 32.9 Å². The Morgan fingerprint density at radius 1 is 1.23 bits per heavy atom. The Morgan fingerprint density at radius 3 is 2.59 bits per heavy atom. The van der Waals surface area contributed by atoms with E-state index in [2.05, 4.69) is 36.1 Å². The Balaban J connectivity index is 2.21. The van der Waals surface area contributed by atoms with Gasteiger partial charge in [-0.25, -0.2) is 4.98 Å². The summed E-state index contributed by atoms with van der Waals surface area (Å²) >= 11 is 0. The molecule has 0 fully saturated rings.